The van der Waals surface area contributed by atoms with Crippen molar-refractivity contribution in [1.29, 1.82) is 0 Å². The fourth-order valence-corrected chi connectivity index (χ4v) is 2.28. The SMILES string of the molecule is CN(C)c1ccc(N)cc1C(=O)OCCC1CCC1. The van der Waals surface area contributed by atoms with Crippen LogP contribution in [0.2, 0.25) is 0 Å². The van der Waals surface area contributed by atoms with Crippen LogP contribution in [0, 0.1) is 5.92 Å². The molecule has 4 heteroatoms. The van der Waals surface area contributed by atoms with Gasteiger partial charge in [0, 0.05) is 19.8 Å². The van der Waals surface area contributed by atoms with Crippen molar-refractivity contribution in [2.45, 2.75) is 25.7 Å². The van der Waals surface area contributed by atoms with Crippen LogP contribution in [0.4, 0.5) is 11.4 Å². The van der Waals surface area contributed by atoms with Gasteiger partial charge in [-0.25, -0.2) is 4.79 Å². The van der Waals surface area contributed by atoms with E-state index in [1.807, 2.05) is 25.1 Å². The van der Waals surface area contributed by atoms with Gasteiger partial charge in [-0.2, -0.15) is 0 Å². The van der Waals surface area contributed by atoms with Gasteiger partial charge in [0.1, 0.15) is 0 Å². The molecule has 0 heterocycles. The highest BCUT2D eigenvalue weighted by Crippen LogP contribution is 2.29. The Kier molecular flexibility index (Phi) is 4.30. The molecule has 1 aromatic carbocycles. The number of carbonyl (C=O) groups excluding carboxylic acids is 1. The van der Waals surface area contributed by atoms with Crippen molar-refractivity contribution in [3.8, 4) is 0 Å². The molecule has 104 valence electrons. The summed E-state index contributed by atoms with van der Waals surface area (Å²) in [6.07, 6.45) is 4.85. The van der Waals surface area contributed by atoms with Crippen LogP contribution >= 0.6 is 0 Å². The molecule has 0 radical (unpaired) electrons. The van der Waals surface area contributed by atoms with Gasteiger partial charge < -0.3 is 15.4 Å². The summed E-state index contributed by atoms with van der Waals surface area (Å²) in [5, 5.41) is 0. The normalized spacial score (nSPS) is 14.8. The van der Waals surface area contributed by atoms with Crippen LogP contribution in [0.1, 0.15) is 36.0 Å². The molecule has 0 spiro atoms. The molecule has 0 aliphatic heterocycles. The maximum Gasteiger partial charge on any atom is 0.340 e. The molecule has 0 saturated heterocycles. The van der Waals surface area contributed by atoms with Gasteiger partial charge in [-0.15, -0.1) is 0 Å². The molecule has 1 aliphatic rings. The van der Waals surface area contributed by atoms with Gasteiger partial charge in [-0.05, 0) is 30.5 Å². The molecule has 1 aromatic rings. The van der Waals surface area contributed by atoms with Crippen molar-refractivity contribution in [2.75, 3.05) is 31.3 Å². The van der Waals surface area contributed by atoms with Crippen molar-refractivity contribution in [3.63, 3.8) is 0 Å². The van der Waals surface area contributed by atoms with Gasteiger partial charge in [0.25, 0.3) is 0 Å². The summed E-state index contributed by atoms with van der Waals surface area (Å²) in [4.78, 5) is 14.0. The number of ether oxygens (including phenoxy) is 1. The molecular weight excluding hydrogens is 240 g/mol. The van der Waals surface area contributed by atoms with Gasteiger partial charge in [0.15, 0.2) is 0 Å². The first-order valence-corrected chi connectivity index (χ1v) is 6.82. The third-order valence-corrected chi connectivity index (χ3v) is 3.71. The molecule has 4 nitrogen and oxygen atoms in total. The smallest absolute Gasteiger partial charge is 0.340 e. The Balaban J connectivity index is 1.98. The first-order valence-electron chi connectivity index (χ1n) is 6.82. The van der Waals surface area contributed by atoms with Crippen LogP contribution in [0.5, 0.6) is 0 Å². The second-order valence-corrected chi connectivity index (χ2v) is 5.39. The van der Waals surface area contributed by atoms with Crippen LogP contribution in [0.15, 0.2) is 18.2 Å². The van der Waals surface area contributed by atoms with E-state index >= 15 is 0 Å². The number of nitrogens with zero attached hydrogens (tertiary/aromatic N) is 1. The van der Waals surface area contributed by atoms with Gasteiger partial charge in [-0.3, -0.25) is 0 Å². The predicted octanol–water partition coefficient (Wildman–Crippen LogP) is 2.68. The molecule has 0 bridgehead atoms. The molecule has 2 rings (SSSR count). The van der Waals surface area contributed by atoms with E-state index in [1.165, 1.54) is 19.3 Å². The van der Waals surface area contributed by atoms with Gasteiger partial charge in [0.05, 0.1) is 17.9 Å². The van der Waals surface area contributed by atoms with Gasteiger partial charge in [0.2, 0.25) is 0 Å². The lowest BCUT2D eigenvalue weighted by molar-refractivity contribution is 0.0465. The monoisotopic (exact) mass is 262 g/mol. The number of nitrogen functional groups attached to an aromatic ring is 1. The second kappa shape index (κ2) is 5.95. The molecule has 1 aliphatic carbocycles. The second-order valence-electron chi connectivity index (χ2n) is 5.39. The lowest BCUT2D eigenvalue weighted by atomic mass is 9.83. The summed E-state index contributed by atoms with van der Waals surface area (Å²) in [6.45, 7) is 0.505. The van der Waals surface area contributed by atoms with Gasteiger partial charge in [-0.1, -0.05) is 19.3 Å². The standard InChI is InChI=1S/C15H22N2O2/c1-17(2)14-7-6-12(16)10-13(14)15(18)19-9-8-11-4-3-5-11/h6-7,10-11H,3-5,8-9,16H2,1-2H3. The van der Waals surface area contributed by atoms with E-state index in [-0.39, 0.29) is 5.97 Å². The number of anilines is 2. The highest BCUT2D eigenvalue weighted by molar-refractivity contribution is 5.96. The first kappa shape index (κ1) is 13.7. The van der Waals surface area contributed by atoms with E-state index in [1.54, 1.807) is 12.1 Å². The molecular formula is C15H22N2O2. The summed E-state index contributed by atoms with van der Waals surface area (Å²) in [5.41, 5.74) is 7.70. The molecule has 19 heavy (non-hydrogen) atoms. The Hall–Kier alpha value is -1.71. The summed E-state index contributed by atoms with van der Waals surface area (Å²) in [5.74, 6) is 0.470. The molecule has 0 atom stereocenters. The third-order valence-electron chi connectivity index (χ3n) is 3.71. The first-order chi connectivity index (χ1) is 9.08. The van der Waals surface area contributed by atoms with Crippen molar-refractivity contribution >= 4 is 17.3 Å². The Morgan fingerprint density at radius 1 is 1.42 bits per heavy atom. The topological polar surface area (TPSA) is 55.6 Å². The lowest BCUT2D eigenvalue weighted by Crippen LogP contribution is -2.18. The Labute approximate surface area is 114 Å². The number of esters is 1. The zero-order chi connectivity index (χ0) is 13.8. The van der Waals surface area contributed by atoms with E-state index in [2.05, 4.69) is 0 Å². The van der Waals surface area contributed by atoms with Crippen LogP contribution in [0.25, 0.3) is 0 Å². The average Bonchev–Trinajstić information content (AvgIpc) is 2.31. The summed E-state index contributed by atoms with van der Waals surface area (Å²) in [6, 6.07) is 5.32. The van der Waals surface area contributed by atoms with Crippen LogP contribution < -0.4 is 10.6 Å². The summed E-state index contributed by atoms with van der Waals surface area (Å²) < 4.78 is 5.36. The van der Waals surface area contributed by atoms with Crippen molar-refractivity contribution in [1.82, 2.24) is 0 Å². The Morgan fingerprint density at radius 3 is 2.74 bits per heavy atom. The average molecular weight is 262 g/mol. The van der Waals surface area contributed by atoms with Crippen LogP contribution in [-0.4, -0.2) is 26.7 Å². The summed E-state index contributed by atoms with van der Waals surface area (Å²) >= 11 is 0. The molecule has 0 amide bonds. The van der Waals surface area contributed by atoms with Crippen molar-refractivity contribution in [3.05, 3.63) is 23.8 Å². The van der Waals surface area contributed by atoms with Crippen LogP contribution in [0.3, 0.4) is 0 Å². The van der Waals surface area contributed by atoms with E-state index in [0.29, 0.717) is 17.9 Å². The van der Waals surface area contributed by atoms with Crippen molar-refractivity contribution < 1.29 is 9.53 Å². The van der Waals surface area contributed by atoms with E-state index in [0.717, 1.165) is 18.0 Å². The number of nitrogens with two attached hydrogens (primary N) is 1. The highest BCUT2D eigenvalue weighted by atomic mass is 16.5. The molecule has 2 N–H and O–H groups in total. The number of rotatable bonds is 5. The zero-order valence-electron chi connectivity index (χ0n) is 11.7. The minimum atomic E-state index is -0.282. The maximum absolute atomic E-state index is 12.1. The Morgan fingerprint density at radius 2 is 2.16 bits per heavy atom. The van der Waals surface area contributed by atoms with Gasteiger partial charge >= 0.3 is 5.97 Å². The van der Waals surface area contributed by atoms with Crippen molar-refractivity contribution in [2.24, 2.45) is 5.92 Å². The fraction of sp³-hybridized carbons (Fsp3) is 0.533. The van der Waals surface area contributed by atoms with E-state index in [9.17, 15) is 4.79 Å². The fourth-order valence-electron chi connectivity index (χ4n) is 2.28. The third kappa shape index (κ3) is 3.40. The maximum atomic E-state index is 12.1. The van der Waals surface area contributed by atoms with E-state index < -0.39 is 0 Å². The minimum absolute atomic E-state index is 0.282. The molecule has 0 unspecified atom stereocenters. The highest BCUT2D eigenvalue weighted by Gasteiger charge is 2.19. The Bertz CT molecular complexity index is 453. The molecule has 1 fully saturated rings. The zero-order valence-corrected chi connectivity index (χ0v) is 11.7. The predicted molar refractivity (Wildman–Crippen MR) is 77.4 cm³/mol. The lowest BCUT2D eigenvalue weighted by Gasteiger charge is -2.25. The van der Waals surface area contributed by atoms with E-state index in [4.69, 9.17) is 10.5 Å². The molecule has 0 aromatic heterocycles. The number of benzene rings is 1. The molecule has 1 saturated carbocycles. The number of carbonyl (C=O) groups is 1. The number of hydrogen-bond donors (Lipinski definition) is 1. The van der Waals surface area contributed by atoms with Crippen LogP contribution in [-0.2, 0) is 4.74 Å². The minimum Gasteiger partial charge on any atom is -0.462 e. The largest absolute Gasteiger partial charge is 0.462 e. The number of hydrogen-bond acceptors (Lipinski definition) is 4. The summed E-state index contributed by atoms with van der Waals surface area (Å²) in [7, 11) is 3.80. The quantitative estimate of drug-likeness (QED) is 0.654.